The molecule has 0 saturated carbocycles. The van der Waals surface area contributed by atoms with E-state index in [0.717, 1.165) is 6.07 Å². The Kier molecular flexibility index (Phi) is 3.73. The maximum Gasteiger partial charge on any atom is 0.262 e. The Bertz CT molecular complexity index is 719. The molecule has 0 amide bonds. The first-order valence-electron chi connectivity index (χ1n) is 5.29. The molecule has 1 N–H and O–H groups in total. The average molecular weight is 301 g/mol. The molecule has 1 heterocycles. The molecule has 19 heavy (non-hydrogen) atoms. The van der Waals surface area contributed by atoms with Crippen molar-refractivity contribution in [3.8, 4) is 0 Å². The largest absolute Gasteiger partial charge is 0.276 e. The molecular formula is C12H10ClFN2O2S. The first kappa shape index (κ1) is 13.8. The Labute approximate surface area is 115 Å². The molecule has 0 radical (unpaired) electrons. The van der Waals surface area contributed by atoms with Gasteiger partial charge in [-0.3, -0.25) is 4.72 Å². The molecule has 0 aliphatic carbocycles. The molecule has 0 fully saturated rings. The van der Waals surface area contributed by atoms with Crippen molar-refractivity contribution in [1.82, 2.24) is 4.98 Å². The lowest BCUT2D eigenvalue weighted by Crippen LogP contribution is -2.15. The highest BCUT2D eigenvalue weighted by Gasteiger charge is 2.19. The van der Waals surface area contributed by atoms with E-state index in [1.165, 1.54) is 24.4 Å². The van der Waals surface area contributed by atoms with Crippen LogP contribution in [0.2, 0.25) is 5.15 Å². The predicted octanol–water partition coefficient (Wildman–Crippen LogP) is 2.98. The zero-order chi connectivity index (χ0) is 14.0. The summed E-state index contributed by atoms with van der Waals surface area (Å²) in [5.74, 6) is -0.622. The van der Waals surface area contributed by atoms with Crippen LogP contribution < -0.4 is 4.72 Å². The lowest BCUT2D eigenvalue weighted by molar-refractivity contribution is 0.594. The fourth-order valence-electron chi connectivity index (χ4n) is 1.53. The van der Waals surface area contributed by atoms with Crippen LogP contribution in [-0.4, -0.2) is 13.4 Å². The second-order valence-electron chi connectivity index (χ2n) is 3.86. The van der Waals surface area contributed by atoms with Crippen molar-refractivity contribution >= 4 is 27.3 Å². The van der Waals surface area contributed by atoms with Gasteiger partial charge >= 0.3 is 0 Å². The molecule has 2 rings (SSSR count). The lowest BCUT2D eigenvalue weighted by atomic mass is 10.2. The van der Waals surface area contributed by atoms with E-state index in [1.807, 2.05) is 0 Å². The fourth-order valence-corrected chi connectivity index (χ4v) is 3.07. The van der Waals surface area contributed by atoms with Crippen LogP contribution in [0, 0.1) is 12.7 Å². The molecule has 2 aromatic rings. The van der Waals surface area contributed by atoms with Gasteiger partial charge in [0.1, 0.15) is 5.82 Å². The number of sulfonamides is 1. The van der Waals surface area contributed by atoms with Crippen molar-refractivity contribution in [3.05, 3.63) is 53.1 Å². The lowest BCUT2D eigenvalue weighted by Gasteiger charge is -2.11. The number of rotatable bonds is 3. The topological polar surface area (TPSA) is 59.1 Å². The summed E-state index contributed by atoms with van der Waals surface area (Å²) in [5.41, 5.74) is 0.585. The molecule has 1 aromatic carbocycles. The second kappa shape index (κ2) is 5.14. The van der Waals surface area contributed by atoms with Gasteiger partial charge in [-0.2, -0.15) is 0 Å². The number of nitrogens with one attached hydrogen (secondary N) is 1. The number of anilines is 1. The molecule has 0 bridgehead atoms. The van der Waals surface area contributed by atoms with E-state index in [1.54, 1.807) is 13.0 Å². The summed E-state index contributed by atoms with van der Waals surface area (Å²) < 4.78 is 39.8. The highest BCUT2D eigenvalue weighted by atomic mass is 35.5. The summed E-state index contributed by atoms with van der Waals surface area (Å²) in [5, 5.41) is 0.0279. The zero-order valence-corrected chi connectivity index (χ0v) is 11.5. The molecule has 7 heteroatoms. The monoisotopic (exact) mass is 300 g/mol. The molecule has 0 atom stereocenters. The standard InChI is InChI=1S/C12H10ClFN2O2S/c1-8-4-5-9(14)7-11(8)19(17,18)16-10-3-2-6-15-12(10)13/h2-7,16H,1H3. The smallest absolute Gasteiger partial charge is 0.262 e. The highest BCUT2D eigenvalue weighted by molar-refractivity contribution is 7.92. The van der Waals surface area contributed by atoms with Gasteiger partial charge in [0, 0.05) is 6.20 Å². The van der Waals surface area contributed by atoms with Gasteiger partial charge in [0.2, 0.25) is 0 Å². The van der Waals surface area contributed by atoms with Crippen molar-refractivity contribution in [2.75, 3.05) is 4.72 Å². The number of nitrogens with zero attached hydrogens (tertiary/aromatic N) is 1. The summed E-state index contributed by atoms with van der Waals surface area (Å²) in [7, 11) is -3.90. The molecule has 0 aliphatic rings. The third-order valence-corrected chi connectivity index (χ3v) is 4.25. The van der Waals surface area contributed by atoms with E-state index < -0.39 is 15.8 Å². The number of pyridine rings is 1. The molecule has 0 unspecified atom stereocenters. The third kappa shape index (κ3) is 3.02. The van der Waals surface area contributed by atoms with Gasteiger partial charge in [-0.05, 0) is 36.8 Å². The van der Waals surface area contributed by atoms with Crippen LogP contribution in [0.3, 0.4) is 0 Å². The van der Waals surface area contributed by atoms with Gasteiger partial charge in [-0.15, -0.1) is 0 Å². The predicted molar refractivity (Wildman–Crippen MR) is 71.2 cm³/mol. The molecule has 100 valence electrons. The fraction of sp³-hybridized carbons (Fsp3) is 0.0833. The maximum absolute atomic E-state index is 13.2. The normalized spacial score (nSPS) is 11.3. The molecule has 0 spiro atoms. The van der Waals surface area contributed by atoms with Crippen molar-refractivity contribution in [2.24, 2.45) is 0 Å². The maximum atomic E-state index is 13.2. The summed E-state index contributed by atoms with van der Waals surface area (Å²) in [6, 6.07) is 6.58. The minimum absolute atomic E-state index is 0.0279. The highest BCUT2D eigenvalue weighted by Crippen LogP contribution is 2.23. The van der Waals surface area contributed by atoms with E-state index in [2.05, 4.69) is 9.71 Å². The van der Waals surface area contributed by atoms with Crippen LogP contribution in [-0.2, 0) is 10.0 Å². The summed E-state index contributed by atoms with van der Waals surface area (Å²) in [6.45, 7) is 1.58. The van der Waals surface area contributed by atoms with Gasteiger partial charge in [0.05, 0.1) is 10.6 Å². The van der Waals surface area contributed by atoms with Crippen LogP contribution in [0.25, 0.3) is 0 Å². The number of benzene rings is 1. The van der Waals surface area contributed by atoms with E-state index >= 15 is 0 Å². The number of hydrogen-bond donors (Lipinski definition) is 1. The summed E-state index contributed by atoms with van der Waals surface area (Å²) in [6.07, 6.45) is 1.44. The first-order chi connectivity index (χ1) is 8.90. The number of aryl methyl sites for hydroxylation is 1. The summed E-state index contributed by atoms with van der Waals surface area (Å²) in [4.78, 5) is 3.63. The van der Waals surface area contributed by atoms with Crippen molar-refractivity contribution in [1.29, 1.82) is 0 Å². The minimum atomic E-state index is -3.90. The number of halogens is 2. The van der Waals surface area contributed by atoms with Crippen molar-refractivity contribution in [3.63, 3.8) is 0 Å². The second-order valence-corrected chi connectivity index (χ2v) is 5.87. The van der Waals surface area contributed by atoms with Crippen molar-refractivity contribution < 1.29 is 12.8 Å². The summed E-state index contributed by atoms with van der Waals surface area (Å²) >= 11 is 5.78. The van der Waals surface area contributed by atoms with Gasteiger partial charge in [-0.1, -0.05) is 17.7 Å². The van der Waals surface area contributed by atoms with Crippen LogP contribution in [0.15, 0.2) is 41.4 Å². The third-order valence-electron chi connectivity index (χ3n) is 2.44. The van der Waals surface area contributed by atoms with Gasteiger partial charge < -0.3 is 0 Å². The Morgan fingerprint density at radius 1 is 1.32 bits per heavy atom. The van der Waals surface area contributed by atoms with Gasteiger partial charge in [-0.25, -0.2) is 17.8 Å². The van der Waals surface area contributed by atoms with Crippen LogP contribution in [0.4, 0.5) is 10.1 Å². The average Bonchev–Trinajstić information content (AvgIpc) is 2.35. The molecule has 0 aliphatic heterocycles. The minimum Gasteiger partial charge on any atom is -0.276 e. The van der Waals surface area contributed by atoms with E-state index in [4.69, 9.17) is 11.6 Å². The van der Waals surface area contributed by atoms with Crippen LogP contribution in [0.5, 0.6) is 0 Å². The quantitative estimate of drug-likeness (QED) is 0.887. The van der Waals surface area contributed by atoms with Gasteiger partial charge in [0.15, 0.2) is 5.15 Å². The molecular weight excluding hydrogens is 291 g/mol. The van der Waals surface area contributed by atoms with E-state index in [-0.39, 0.29) is 15.7 Å². The molecule has 4 nitrogen and oxygen atoms in total. The number of aromatic nitrogens is 1. The van der Waals surface area contributed by atoms with E-state index in [9.17, 15) is 12.8 Å². The Morgan fingerprint density at radius 3 is 2.74 bits per heavy atom. The zero-order valence-electron chi connectivity index (χ0n) is 9.89. The Hall–Kier alpha value is -1.66. The van der Waals surface area contributed by atoms with E-state index in [0.29, 0.717) is 5.56 Å². The molecule has 1 aromatic heterocycles. The van der Waals surface area contributed by atoms with Gasteiger partial charge in [0.25, 0.3) is 10.0 Å². The van der Waals surface area contributed by atoms with Crippen molar-refractivity contribution in [2.45, 2.75) is 11.8 Å². The SMILES string of the molecule is Cc1ccc(F)cc1S(=O)(=O)Nc1cccnc1Cl. The van der Waals surface area contributed by atoms with Crippen LogP contribution in [0.1, 0.15) is 5.56 Å². The van der Waals surface area contributed by atoms with Crippen LogP contribution >= 0.6 is 11.6 Å². The molecule has 0 saturated heterocycles. The Morgan fingerprint density at radius 2 is 2.05 bits per heavy atom. The Balaban J connectivity index is 2.44. The number of hydrogen-bond acceptors (Lipinski definition) is 3. The first-order valence-corrected chi connectivity index (χ1v) is 7.16.